The van der Waals surface area contributed by atoms with Crippen molar-refractivity contribution in [3.63, 3.8) is 0 Å². The van der Waals surface area contributed by atoms with Crippen molar-refractivity contribution in [2.45, 2.75) is 44.1 Å². The highest BCUT2D eigenvalue weighted by atomic mass is 16.6. The lowest BCUT2D eigenvalue weighted by molar-refractivity contribution is -0.616. The molecule has 0 aliphatic heterocycles. The van der Waals surface area contributed by atoms with E-state index in [1.165, 1.54) is 0 Å². The topological polar surface area (TPSA) is 60.2 Å². The quantitative estimate of drug-likeness (QED) is 0.488. The monoisotopic (exact) mass is 209 g/mol. The SMILES string of the molecule is O=C1CCCC2([N+](=O)[O-])C3CCCC3C12. The lowest BCUT2D eigenvalue weighted by Crippen LogP contribution is -2.68. The average molecular weight is 209 g/mol. The van der Waals surface area contributed by atoms with E-state index in [-0.39, 0.29) is 22.5 Å². The van der Waals surface area contributed by atoms with E-state index in [9.17, 15) is 14.9 Å². The number of carbonyl (C=O) groups is 1. The van der Waals surface area contributed by atoms with Crippen molar-refractivity contribution in [1.29, 1.82) is 0 Å². The molecule has 0 aromatic heterocycles. The molecule has 4 heteroatoms. The van der Waals surface area contributed by atoms with Gasteiger partial charge in [-0.25, -0.2) is 0 Å². The summed E-state index contributed by atoms with van der Waals surface area (Å²) >= 11 is 0. The molecule has 4 unspecified atom stereocenters. The zero-order chi connectivity index (χ0) is 10.6. The number of ketones is 1. The summed E-state index contributed by atoms with van der Waals surface area (Å²) in [6.07, 6.45) is 5.02. The molecule has 0 aromatic carbocycles. The Kier molecular flexibility index (Phi) is 1.74. The first-order chi connectivity index (χ1) is 7.18. The van der Waals surface area contributed by atoms with Gasteiger partial charge in [-0.2, -0.15) is 0 Å². The number of Topliss-reactive ketones (excluding diaryl/α,β-unsaturated/α-hetero) is 1. The predicted molar refractivity (Wildman–Crippen MR) is 52.9 cm³/mol. The number of carbonyl (C=O) groups excluding carboxylic acids is 1. The van der Waals surface area contributed by atoms with Crippen molar-refractivity contribution >= 4 is 5.78 Å². The van der Waals surface area contributed by atoms with E-state index in [1.54, 1.807) is 0 Å². The third kappa shape index (κ3) is 0.905. The molecule has 0 radical (unpaired) electrons. The van der Waals surface area contributed by atoms with Crippen LogP contribution in [-0.2, 0) is 4.79 Å². The predicted octanol–water partition coefficient (Wildman–Crippen LogP) is 1.80. The second kappa shape index (κ2) is 2.80. The van der Waals surface area contributed by atoms with Crippen LogP contribution in [0.5, 0.6) is 0 Å². The molecule has 3 rings (SSSR count). The van der Waals surface area contributed by atoms with Crippen molar-refractivity contribution in [3.8, 4) is 0 Å². The van der Waals surface area contributed by atoms with Crippen LogP contribution in [-0.4, -0.2) is 16.2 Å². The summed E-state index contributed by atoms with van der Waals surface area (Å²) in [4.78, 5) is 23.0. The molecule has 15 heavy (non-hydrogen) atoms. The molecule has 0 spiro atoms. The van der Waals surface area contributed by atoms with E-state index in [0.717, 1.165) is 25.7 Å². The summed E-state index contributed by atoms with van der Waals surface area (Å²) in [5.74, 6) is 0.500. The van der Waals surface area contributed by atoms with Crippen LogP contribution in [0.1, 0.15) is 38.5 Å². The van der Waals surface area contributed by atoms with Crippen molar-refractivity contribution in [2.75, 3.05) is 0 Å². The molecule has 0 bridgehead atoms. The van der Waals surface area contributed by atoms with E-state index in [4.69, 9.17) is 0 Å². The molecule has 3 aliphatic carbocycles. The molecule has 4 atom stereocenters. The number of hydrogen-bond donors (Lipinski definition) is 0. The van der Waals surface area contributed by atoms with Crippen molar-refractivity contribution in [2.24, 2.45) is 17.8 Å². The van der Waals surface area contributed by atoms with Gasteiger partial charge < -0.3 is 0 Å². The van der Waals surface area contributed by atoms with Crippen LogP contribution in [0.25, 0.3) is 0 Å². The first-order valence-electron chi connectivity index (χ1n) is 5.85. The van der Waals surface area contributed by atoms with Gasteiger partial charge in [-0.3, -0.25) is 14.9 Å². The Morgan fingerprint density at radius 1 is 1.33 bits per heavy atom. The normalized spacial score (nSPS) is 48.0. The van der Waals surface area contributed by atoms with Gasteiger partial charge in [0.25, 0.3) is 0 Å². The number of fused-ring (bicyclic) bond motifs is 4. The summed E-state index contributed by atoms with van der Waals surface area (Å²) in [5, 5.41) is 11.3. The van der Waals surface area contributed by atoms with Crippen molar-refractivity contribution in [3.05, 3.63) is 10.1 Å². The summed E-state index contributed by atoms with van der Waals surface area (Å²) in [6.45, 7) is 0. The highest BCUT2D eigenvalue weighted by molar-refractivity contribution is 5.85. The molecule has 0 N–H and O–H groups in total. The zero-order valence-electron chi connectivity index (χ0n) is 8.65. The Morgan fingerprint density at radius 3 is 2.87 bits per heavy atom. The lowest BCUT2D eigenvalue weighted by Gasteiger charge is -2.53. The molecule has 3 saturated carbocycles. The van der Waals surface area contributed by atoms with Gasteiger partial charge >= 0.3 is 0 Å². The third-order valence-electron chi connectivity index (χ3n) is 4.87. The van der Waals surface area contributed by atoms with E-state index in [2.05, 4.69) is 0 Å². The van der Waals surface area contributed by atoms with Gasteiger partial charge in [-0.05, 0) is 25.2 Å². The number of nitrogens with zero attached hydrogens (tertiary/aromatic N) is 1. The van der Waals surface area contributed by atoms with Crippen LogP contribution < -0.4 is 0 Å². The zero-order valence-corrected chi connectivity index (χ0v) is 8.65. The largest absolute Gasteiger partial charge is 0.299 e. The first kappa shape index (κ1) is 9.31. The van der Waals surface area contributed by atoms with Crippen molar-refractivity contribution in [1.82, 2.24) is 0 Å². The van der Waals surface area contributed by atoms with Gasteiger partial charge in [0.2, 0.25) is 5.54 Å². The molecule has 0 amide bonds. The number of rotatable bonds is 1. The van der Waals surface area contributed by atoms with Crippen LogP contribution in [0.15, 0.2) is 0 Å². The van der Waals surface area contributed by atoms with Crippen LogP contribution >= 0.6 is 0 Å². The maximum Gasteiger partial charge on any atom is 0.235 e. The fourth-order valence-corrected chi connectivity index (χ4v) is 4.39. The molecular weight excluding hydrogens is 194 g/mol. The van der Waals surface area contributed by atoms with Gasteiger partial charge in [0.15, 0.2) is 0 Å². The minimum atomic E-state index is -0.837. The average Bonchev–Trinajstić information content (AvgIpc) is 2.57. The number of hydrogen-bond acceptors (Lipinski definition) is 3. The molecular formula is C11H15NO3. The van der Waals surface area contributed by atoms with E-state index < -0.39 is 5.54 Å². The Morgan fingerprint density at radius 2 is 2.13 bits per heavy atom. The molecule has 3 aliphatic rings. The third-order valence-corrected chi connectivity index (χ3v) is 4.87. The van der Waals surface area contributed by atoms with Gasteiger partial charge in [-0.1, -0.05) is 6.42 Å². The Balaban J connectivity index is 2.01. The fourth-order valence-electron chi connectivity index (χ4n) is 4.39. The highest BCUT2D eigenvalue weighted by Gasteiger charge is 2.74. The standard InChI is InChI=1S/C11H15NO3/c13-9-5-2-6-11(12(14)15)8-4-1-3-7(8)10(9)11/h7-8,10H,1-6H2. The van der Waals surface area contributed by atoms with Crippen LogP contribution in [0, 0.1) is 27.9 Å². The minimum absolute atomic E-state index is 0.124. The van der Waals surface area contributed by atoms with E-state index in [0.29, 0.717) is 18.8 Å². The smallest absolute Gasteiger partial charge is 0.235 e. The summed E-state index contributed by atoms with van der Waals surface area (Å²) in [7, 11) is 0. The maximum absolute atomic E-state index is 11.8. The molecule has 4 nitrogen and oxygen atoms in total. The van der Waals surface area contributed by atoms with Gasteiger partial charge in [0, 0.05) is 23.7 Å². The Labute approximate surface area is 88.2 Å². The molecule has 82 valence electrons. The molecule has 0 heterocycles. The van der Waals surface area contributed by atoms with Crippen molar-refractivity contribution < 1.29 is 9.72 Å². The first-order valence-corrected chi connectivity index (χ1v) is 5.85. The summed E-state index contributed by atoms with van der Waals surface area (Å²) in [6, 6.07) is 0. The summed E-state index contributed by atoms with van der Waals surface area (Å²) in [5.41, 5.74) is -0.837. The Hall–Kier alpha value is -0.930. The number of nitro groups is 1. The van der Waals surface area contributed by atoms with Gasteiger partial charge in [0.1, 0.15) is 5.78 Å². The van der Waals surface area contributed by atoms with Gasteiger partial charge in [-0.15, -0.1) is 0 Å². The molecule has 3 fully saturated rings. The highest BCUT2D eigenvalue weighted by Crippen LogP contribution is 2.63. The lowest BCUT2D eigenvalue weighted by atomic mass is 9.48. The Bertz CT molecular complexity index is 339. The second-order valence-electron chi connectivity index (χ2n) is 5.25. The van der Waals surface area contributed by atoms with E-state index in [1.807, 2.05) is 0 Å². The van der Waals surface area contributed by atoms with E-state index >= 15 is 0 Å². The minimum Gasteiger partial charge on any atom is -0.299 e. The maximum atomic E-state index is 11.8. The van der Waals surface area contributed by atoms with Crippen LogP contribution in [0.3, 0.4) is 0 Å². The molecule has 0 saturated heterocycles. The fraction of sp³-hybridized carbons (Fsp3) is 0.909. The van der Waals surface area contributed by atoms with Crippen LogP contribution in [0.4, 0.5) is 0 Å². The molecule has 0 aromatic rings. The van der Waals surface area contributed by atoms with Crippen LogP contribution in [0.2, 0.25) is 0 Å². The van der Waals surface area contributed by atoms with Gasteiger partial charge in [0.05, 0.1) is 5.92 Å². The second-order valence-corrected chi connectivity index (χ2v) is 5.25. The summed E-state index contributed by atoms with van der Waals surface area (Å²) < 4.78 is 0.